The Kier molecular flexibility index (Phi) is 6.20. The smallest absolute Gasteiger partial charge is 0.251 e. The number of sulfone groups is 1. The minimum Gasteiger partial charge on any atom is -0.491 e. The van der Waals surface area contributed by atoms with Crippen molar-refractivity contribution < 1.29 is 17.9 Å². The molecule has 0 saturated heterocycles. The maximum atomic E-state index is 12.2. The second-order valence-electron chi connectivity index (χ2n) is 6.26. The first-order valence-corrected chi connectivity index (χ1v) is 10.1. The van der Waals surface area contributed by atoms with E-state index in [0.29, 0.717) is 17.7 Å². The molecule has 0 aromatic heterocycles. The van der Waals surface area contributed by atoms with Gasteiger partial charge in [0.2, 0.25) is 0 Å². The van der Waals surface area contributed by atoms with E-state index in [2.05, 4.69) is 5.32 Å². The lowest BCUT2D eigenvalue weighted by molar-refractivity contribution is 0.0951. The first-order chi connectivity index (χ1) is 11.7. The molecule has 0 aliphatic rings. The highest BCUT2D eigenvalue weighted by Crippen LogP contribution is 2.14. The molecule has 1 amide bonds. The van der Waals surface area contributed by atoms with Crippen molar-refractivity contribution in [3.63, 3.8) is 0 Å². The lowest BCUT2D eigenvalue weighted by atomic mass is 10.1. The maximum Gasteiger partial charge on any atom is 0.251 e. The van der Waals surface area contributed by atoms with Crippen molar-refractivity contribution in [1.82, 2.24) is 5.32 Å². The van der Waals surface area contributed by atoms with Crippen LogP contribution in [0.4, 0.5) is 0 Å². The minimum absolute atomic E-state index is 0.0281. The van der Waals surface area contributed by atoms with Crippen molar-refractivity contribution >= 4 is 15.7 Å². The highest BCUT2D eigenvalue weighted by Gasteiger charge is 2.08. The normalized spacial score (nSPS) is 11.4. The predicted octanol–water partition coefficient (Wildman–Crippen LogP) is 2.95. The van der Waals surface area contributed by atoms with Gasteiger partial charge in [-0.3, -0.25) is 4.79 Å². The van der Waals surface area contributed by atoms with Gasteiger partial charge in [-0.2, -0.15) is 0 Å². The van der Waals surface area contributed by atoms with Gasteiger partial charge in [0.15, 0.2) is 9.84 Å². The van der Waals surface area contributed by atoms with Crippen molar-refractivity contribution in [1.29, 1.82) is 0 Å². The van der Waals surface area contributed by atoms with Crippen LogP contribution in [-0.2, 0) is 22.1 Å². The number of hydrogen-bond donors (Lipinski definition) is 1. The summed E-state index contributed by atoms with van der Waals surface area (Å²) >= 11 is 0. The van der Waals surface area contributed by atoms with Crippen molar-refractivity contribution in [3.8, 4) is 5.75 Å². The van der Waals surface area contributed by atoms with Crippen LogP contribution in [0.2, 0.25) is 0 Å². The molecule has 0 saturated carbocycles. The van der Waals surface area contributed by atoms with Gasteiger partial charge in [0.25, 0.3) is 5.91 Å². The molecule has 0 fully saturated rings. The third-order valence-corrected chi connectivity index (χ3v) is 4.25. The summed E-state index contributed by atoms with van der Waals surface area (Å²) in [5.74, 6) is 0.569. The SMILES string of the molecule is CC(C)Oc1ccc(CNC(=O)c2ccc(CS(C)(=O)=O)cc2)cc1. The third-order valence-electron chi connectivity index (χ3n) is 3.39. The number of benzene rings is 2. The largest absolute Gasteiger partial charge is 0.491 e. The summed E-state index contributed by atoms with van der Waals surface area (Å²) in [5.41, 5.74) is 2.13. The molecule has 25 heavy (non-hydrogen) atoms. The van der Waals surface area contributed by atoms with Crippen LogP contribution in [0, 0.1) is 0 Å². The second kappa shape index (κ2) is 8.16. The van der Waals surface area contributed by atoms with Gasteiger partial charge in [0.1, 0.15) is 5.75 Å². The topological polar surface area (TPSA) is 72.5 Å². The number of carbonyl (C=O) groups is 1. The van der Waals surface area contributed by atoms with Gasteiger partial charge in [-0.15, -0.1) is 0 Å². The lowest BCUT2D eigenvalue weighted by Gasteiger charge is -2.10. The van der Waals surface area contributed by atoms with E-state index in [1.807, 2.05) is 38.1 Å². The van der Waals surface area contributed by atoms with E-state index in [1.165, 1.54) is 6.26 Å². The standard InChI is InChI=1S/C19H23NO4S/c1-14(2)24-18-10-6-15(7-11-18)12-20-19(21)17-8-4-16(5-9-17)13-25(3,22)23/h4-11,14H,12-13H2,1-3H3,(H,20,21). The number of nitrogens with one attached hydrogen (secondary N) is 1. The average Bonchev–Trinajstić information content (AvgIpc) is 2.52. The summed E-state index contributed by atoms with van der Waals surface area (Å²) in [5, 5.41) is 2.85. The molecule has 6 heteroatoms. The van der Waals surface area contributed by atoms with Crippen molar-refractivity contribution in [3.05, 3.63) is 65.2 Å². The highest BCUT2D eigenvalue weighted by atomic mass is 32.2. The van der Waals surface area contributed by atoms with Gasteiger partial charge in [-0.05, 0) is 49.2 Å². The molecule has 0 aliphatic carbocycles. The first kappa shape index (κ1) is 19.0. The first-order valence-electron chi connectivity index (χ1n) is 8.03. The zero-order valence-corrected chi connectivity index (χ0v) is 15.5. The fourth-order valence-corrected chi connectivity index (χ4v) is 3.10. The van der Waals surface area contributed by atoms with Crippen LogP contribution in [-0.4, -0.2) is 26.7 Å². The molecule has 0 aliphatic heterocycles. The van der Waals surface area contributed by atoms with Crippen LogP contribution >= 0.6 is 0 Å². The Hall–Kier alpha value is -2.34. The average molecular weight is 361 g/mol. The van der Waals surface area contributed by atoms with Crippen LogP contribution in [0.25, 0.3) is 0 Å². The number of carbonyl (C=O) groups excluding carboxylic acids is 1. The van der Waals surface area contributed by atoms with Crippen molar-refractivity contribution in [2.24, 2.45) is 0 Å². The molecule has 134 valence electrons. The molecule has 0 atom stereocenters. The van der Waals surface area contributed by atoms with Crippen LogP contribution < -0.4 is 10.1 Å². The molecule has 2 rings (SSSR count). The van der Waals surface area contributed by atoms with E-state index >= 15 is 0 Å². The van der Waals surface area contributed by atoms with E-state index in [1.54, 1.807) is 24.3 Å². The van der Waals surface area contributed by atoms with E-state index in [4.69, 9.17) is 4.74 Å². The van der Waals surface area contributed by atoms with Crippen LogP contribution in [0.5, 0.6) is 5.75 Å². The molecular weight excluding hydrogens is 338 g/mol. The second-order valence-corrected chi connectivity index (χ2v) is 8.40. The predicted molar refractivity (Wildman–Crippen MR) is 98.4 cm³/mol. The van der Waals surface area contributed by atoms with Gasteiger partial charge in [0.05, 0.1) is 11.9 Å². The summed E-state index contributed by atoms with van der Waals surface area (Å²) in [6.45, 7) is 4.34. The number of amides is 1. The fraction of sp³-hybridized carbons (Fsp3) is 0.316. The zero-order chi connectivity index (χ0) is 18.4. The third kappa shape index (κ3) is 6.58. The Balaban J connectivity index is 1.91. The molecule has 5 nitrogen and oxygen atoms in total. The highest BCUT2D eigenvalue weighted by molar-refractivity contribution is 7.89. The summed E-state index contributed by atoms with van der Waals surface area (Å²) < 4.78 is 28.1. The lowest BCUT2D eigenvalue weighted by Crippen LogP contribution is -2.22. The quantitative estimate of drug-likeness (QED) is 0.823. The summed E-state index contributed by atoms with van der Waals surface area (Å²) in [4.78, 5) is 12.2. The monoisotopic (exact) mass is 361 g/mol. The van der Waals surface area contributed by atoms with Gasteiger partial charge in [-0.25, -0.2) is 8.42 Å². The summed E-state index contributed by atoms with van der Waals surface area (Å²) in [6.07, 6.45) is 1.31. The Labute approximate surface area is 148 Å². The van der Waals surface area contributed by atoms with E-state index in [9.17, 15) is 13.2 Å². The van der Waals surface area contributed by atoms with Crippen LogP contribution in [0.15, 0.2) is 48.5 Å². The molecule has 0 heterocycles. The van der Waals surface area contributed by atoms with E-state index in [-0.39, 0.29) is 17.8 Å². The van der Waals surface area contributed by atoms with Crippen LogP contribution in [0.3, 0.4) is 0 Å². The van der Waals surface area contributed by atoms with E-state index in [0.717, 1.165) is 11.3 Å². The number of hydrogen-bond acceptors (Lipinski definition) is 4. The Morgan fingerprint density at radius 2 is 1.56 bits per heavy atom. The molecule has 0 bridgehead atoms. The Morgan fingerprint density at radius 1 is 1.00 bits per heavy atom. The summed E-state index contributed by atoms with van der Waals surface area (Å²) in [7, 11) is -3.08. The summed E-state index contributed by atoms with van der Waals surface area (Å²) in [6, 6.07) is 14.2. The maximum absolute atomic E-state index is 12.2. The molecule has 0 radical (unpaired) electrons. The molecule has 2 aromatic carbocycles. The van der Waals surface area contributed by atoms with Crippen molar-refractivity contribution in [2.45, 2.75) is 32.2 Å². The van der Waals surface area contributed by atoms with E-state index < -0.39 is 9.84 Å². The Morgan fingerprint density at radius 3 is 2.08 bits per heavy atom. The van der Waals surface area contributed by atoms with Gasteiger partial charge < -0.3 is 10.1 Å². The minimum atomic E-state index is -3.08. The number of rotatable bonds is 7. The fourth-order valence-electron chi connectivity index (χ4n) is 2.30. The molecule has 1 N–H and O–H groups in total. The molecule has 2 aromatic rings. The zero-order valence-electron chi connectivity index (χ0n) is 14.7. The van der Waals surface area contributed by atoms with Gasteiger partial charge >= 0.3 is 0 Å². The molecule has 0 unspecified atom stereocenters. The van der Waals surface area contributed by atoms with Crippen molar-refractivity contribution in [2.75, 3.05) is 6.26 Å². The number of ether oxygens (including phenoxy) is 1. The molecule has 0 spiro atoms. The van der Waals surface area contributed by atoms with Gasteiger partial charge in [0, 0.05) is 18.4 Å². The molecular formula is C19H23NO4S. The van der Waals surface area contributed by atoms with Crippen LogP contribution in [0.1, 0.15) is 35.3 Å². The van der Waals surface area contributed by atoms with Gasteiger partial charge in [-0.1, -0.05) is 24.3 Å². The Bertz CT molecular complexity index is 810.